The van der Waals surface area contributed by atoms with Crippen molar-refractivity contribution in [3.05, 3.63) is 42.1 Å². The first kappa shape index (κ1) is 11.9. The topological polar surface area (TPSA) is 42.0 Å². The van der Waals surface area contributed by atoms with Crippen molar-refractivity contribution in [1.82, 2.24) is 10.3 Å². The van der Waals surface area contributed by atoms with Crippen LogP contribution in [0.25, 0.3) is 10.9 Å². The van der Waals surface area contributed by atoms with Gasteiger partial charge in [-0.3, -0.25) is 9.78 Å². The molecular formula is C13H13ClN2O. The fourth-order valence-corrected chi connectivity index (χ4v) is 1.88. The van der Waals surface area contributed by atoms with Gasteiger partial charge < -0.3 is 5.32 Å². The average Bonchev–Trinajstić information content (AvgIpc) is 2.37. The van der Waals surface area contributed by atoms with Crippen LogP contribution in [0.1, 0.15) is 17.9 Å². The van der Waals surface area contributed by atoms with Crippen molar-refractivity contribution >= 4 is 28.4 Å². The summed E-state index contributed by atoms with van der Waals surface area (Å²) in [5.41, 5.74) is 1.69. The third-order valence-corrected chi connectivity index (χ3v) is 2.95. The van der Waals surface area contributed by atoms with Crippen LogP contribution >= 0.6 is 11.6 Å². The molecule has 0 radical (unpaired) electrons. The minimum atomic E-state index is -0.653. The van der Waals surface area contributed by atoms with Crippen molar-refractivity contribution in [3.8, 4) is 0 Å². The van der Waals surface area contributed by atoms with Crippen molar-refractivity contribution in [2.24, 2.45) is 0 Å². The molecule has 0 saturated carbocycles. The van der Waals surface area contributed by atoms with Gasteiger partial charge >= 0.3 is 0 Å². The Labute approximate surface area is 105 Å². The number of hydrogen-bond donors (Lipinski definition) is 1. The third kappa shape index (κ3) is 2.56. The molecule has 2 rings (SSSR count). The summed E-state index contributed by atoms with van der Waals surface area (Å²) < 4.78 is 0. The maximum Gasteiger partial charge on any atom is 0.242 e. The SMILES string of the molecule is CCNC(=O)C(Cl)c1ccc2ncccc2c1. The van der Waals surface area contributed by atoms with Crippen LogP contribution in [-0.4, -0.2) is 17.4 Å². The van der Waals surface area contributed by atoms with Gasteiger partial charge in [-0.15, -0.1) is 11.6 Å². The van der Waals surface area contributed by atoms with E-state index in [0.717, 1.165) is 16.5 Å². The predicted molar refractivity (Wildman–Crippen MR) is 69.0 cm³/mol. The number of pyridine rings is 1. The second kappa shape index (κ2) is 5.15. The molecule has 3 nitrogen and oxygen atoms in total. The monoisotopic (exact) mass is 248 g/mol. The van der Waals surface area contributed by atoms with E-state index in [2.05, 4.69) is 10.3 Å². The molecule has 0 aliphatic heterocycles. The first-order valence-corrected chi connectivity index (χ1v) is 5.92. The number of benzene rings is 1. The number of carbonyl (C=O) groups is 1. The lowest BCUT2D eigenvalue weighted by molar-refractivity contribution is -0.120. The first-order valence-electron chi connectivity index (χ1n) is 5.49. The highest BCUT2D eigenvalue weighted by Crippen LogP contribution is 2.23. The van der Waals surface area contributed by atoms with Crippen LogP contribution in [0.15, 0.2) is 36.5 Å². The van der Waals surface area contributed by atoms with Crippen LogP contribution < -0.4 is 5.32 Å². The van der Waals surface area contributed by atoms with E-state index in [1.54, 1.807) is 6.20 Å². The van der Waals surface area contributed by atoms with Gasteiger partial charge in [0.15, 0.2) is 0 Å². The van der Waals surface area contributed by atoms with Gasteiger partial charge in [-0.2, -0.15) is 0 Å². The summed E-state index contributed by atoms with van der Waals surface area (Å²) in [5, 5.41) is 3.04. The number of nitrogens with zero attached hydrogens (tertiary/aromatic N) is 1. The molecule has 0 aliphatic rings. The van der Waals surface area contributed by atoms with Crippen molar-refractivity contribution in [2.75, 3.05) is 6.54 Å². The Morgan fingerprint density at radius 2 is 2.29 bits per heavy atom. The van der Waals surface area contributed by atoms with E-state index in [4.69, 9.17) is 11.6 Å². The van der Waals surface area contributed by atoms with E-state index < -0.39 is 5.38 Å². The van der Waals surface area contributed by atoms with E-state index in [-0.39, 0.29) is 5.91 Å². The van der Waals surface area contributed by atoms with Gasteiger partial charge in [-0.05, 0) is 30.7 Å². The zero-order chi connectivity index (χ0) is 12.3. The summed E-state index contributed by atoms with van der Waals surface area (Å²) in [5.74, 6) is -0.169. The quantitative estimate of drug-likeness (QED) is 0.849. The second-order valence-corrected chi connectivity index (χ2v) is 4.15. The zero-order valence-electron chi connectivity index (χ0n) is 9.48. The molecule has 0 aliphatic carbocycles. The lowest BCUT2D eigenvalue weighted by Gasteiger charge is -2.10. The number of hydrogen-bond acceptors (Lipinski definition) is 2. The standard InChI is InChI=1S/C13H13ClN2O/c1-2-15-13(17)12(14)10-5-6-11-9(8-10)4-3-7-16-11/h3-8,12H,2H2,1H3,(H,15,17). The molecule has 1 unspecified atom stereocenters. The van der Waals surface area contributed by atoms with Crippen molar-refractivity contribution in [3.63, 3.8) is 0 Å². The molecule has 0 bridgehead atoms. The Morgan fingerprint density at radius 3 is 3.06 bits per heavy atom. The van der Waals surface area contributed by atoms with Gasteiger partial charge in [0.05, 0.1) is 5.52 Å². The summed E-state index contributed by atoms with van der Waals surface area (Å²) >= 11 is 6.10. The number of halogens is 1. The number of carbonyl (C=O) groups excluding carboxylic acids is 1. The molecule has 1 atom stereocenters. The fourth-order valence-electron chi connectivity index (χ4n) is 1.67. The highest BCUT2D eigenvalue weighted by Gasteiger charge is 2.16. The van der Waals surface area contributed by atoms with Crippen LogP contribution in [0.5, 0.6) is 0 Å². The minimum Gasteiger partial charge on any atom is -0.355 e. The summed E-state index contributed by atoms with van der Waals surface area (Å²) in [6.45, 7) is 2.45. The van der Waals surface area contributed by atoms with Crippen molar-refractivity contribution < 1.29 is 4.79 Å². The number of likely N-dealkylation sites (N-methyl/N-ethyl adjacent to an activating group) is 1. The van der Waals surface area contributed by atoms with E-state index in [1.165, 1.54) is 0 Å². The normalized spacial score (nSPS) is 12.4. The highest BCUT2D eigenvalue weighted by atomic mass is 35.5. The van der Waals surface area contributed by atoms with Crippen molar-refractivity contribution in [1.29, 1.82) is 0 Å². The summed E-state index contributed by atoms with van der Waals surface area (Å²) in [6.07, 6.45) is 1.74. The van der Waals surface area contributed by atoms with Crippen LogP contribution in [0.4, 0.5) is 0 Å². The molecule has 0 fully saturated rings. The smallest absolute Gasteiger partial charge is 0.242 e. The van der Waals surface area contributed by atoms with Gasteiger partial charge in [0.1, 0.15) is 5.38 Å². The molecule has 1 amide bonds. The molecule has 17 heavy (non-hydrogen) atoms. The molecule has 1 aromatic carbocycles. The number of aromatic nitrogens is 1. The molecule has 4 heteroatoms. The minimum absolute atomic E-state index is 0.169. The van der Waals surface area contributed by atoms with E-state index in [9.17, 15) is 4.79 Å². The highest BCUT2D eigenvalue weighted by molar-refractivity contribution is 6.30. The molecule has 2 aromatic rings. The van der Waals surface area contributed by atoms with Gasteiger partial charge in [-0.1, -0.05) is 12.1 Å². The molecule has 0 saturated heterocycles. The maximum absolute atomic E-state index is 11.6. The Bertz CT molecular complexity index is 542. The summed E-state index contributed by atoms with van der Waals surface area (Å²) in [7, 11) is 0. The summed E-state index contributed by atoms with van der Waals surface area (Å²) in [4.78, 5) is 15.8. The Morgan fingerprint density at radius 1 is 1.47 bits per heavy atom. The van der Waals surface area contributed by atoms with Crippen LogP contribution in [0, 0.1) is 0 Å². The van der Waals surface area contributed by atoms with E-state index in [0.29, 0.717) is 6.54 Å². The number of rotatable bonds is 3. The molecule has 1 aromatic heterocycles. The summed E-state index contributed by atoms with van der Waals surface area (Å²) in [6, 6.07) is 9.42. The molecule has 88 valence electrons. The zero-order valence-corrected chi connectivity index (χ0v) is 10.2. The number of amides is 1. The van der Waals surface area contributed by atoms with Crippen LogP contribution in [0.3, 0.4) is 0 Å². The lowest BCUT2D eigenvalue weighted by Crippen LogP contribution is -2.26. The van der Waals surface area contributed by atoms with E-state index in [1.807, 2.05) is 37.3 Å². The van der Waals surface area contributed by atoms with Crippen LogP contribution in [0.2, 0.25) is 0 Å². The first-order chi connectivity index (χ1) is 8.22. The Balaban J connectivity index is 2.32. The van der Waals surface area contributed by atoms with E-state index >= 15 is 0 Å². The predicted octanol–water partition coefficient (Wildman–Crippen LogP) is 2.65. The molecule has 1 N–H and O–H groups in total. The number of nitrogens with one attached hydrogen (secondary N) is 1. The molecule has 0 spiro atoms. The largest absolute Gasteiger partial charge is 0.355 e. The molecular weight excluding hydrogens is 236 g/mol. The lowest BCUT2D eigenvalue weighted by atomic mass is 10.1. The van der Waals surface area contributed by atoms with Gasteiger partial charge in [0.2, 0.25) is 5.91 Å². The second-order valence-electron chi connectivity index (χ2n) is 3.71. The fraction of sp³-hybridized carbons (Fsp3) is 0.231. The van der Waals surface area contributed by atoms with Crippen molar-refractivity contribution in [2.45, 2.75) is 12.3 Å². The Hall–Kier alpha value is -1.61. The van der Waals surface area contributed by atoms with Crippen LogP contribution in [-0.2, 0) is 4.79 Å². The van der Waals surface area contributed by atoms with Gasteiger partial charge in [0, 0.05) is 18.1 Å². The third-order valence-electron chi connectivity index (χ3n) is 2.50. The number of alkyl halides is 1. The van der Waals surface area contributed by atoms with Gasteiger partial charge in [-0.25, -0.2) is 0 Å². The molecule has 1 heterocycles. The van der Waals surface area contributed by atoms with Gasteiger partial charge in [0.25, 0.3) is 0 Å². The average molecular weight is 249 g/mol. The number of fused-ring (bicyclic) bond motifs is 1. The maximum atomic E-state index is 11.6. The Kier molecular flexibility index (Phi) is 3.59.